The molecule has 22 heavy (non-hydrogen) atoms. The molecule has 0 spiro atoms. The lowest BCUT2D eigenvalue weighted by Gasteiger charge is -2.08. The lowest BCUT2D eigenvalue weighted by atomic mass is 10.3. The highest BCUT2D eigenvalue weighted by atomic mass is 16.5. The van der Waals surface area contributed by atoms with Crippen LogP contribution in [0.25, 0.3) is 0 Å². The summed E-state index contributed by atoms with van der Waals surface area (Å²) in [5, 5.41) is 3.10. The number of carbonyl (C=O) groups excluding carboxylic acids is 1. The van der Waals surface area contributed by atoms with Crippen molar-refractivity contribution in [1.82, 2.24) is 9.97 Å². The second kappa shape index (κ2) is 6.49. The number of anilines is 2. The number of ether oxygens (including phenoxy) is 1. The van der Waals surface area contributed by atoms with E-state index in [0.29, 0.717) is 12.1 Å². The Labute approximate surface area is 127 Å². The molecule has 0 radical (unpaired) electrons. The van der Waals surface area contributed by atoms with Crippen molar-refractivity contribution in [3.8, 4) is 11.5 Å². The molecule has 0 aliphatic heterocycles. The topological polar surface area (TPSA) is 64.1 Å². The zero-order valence-electron chi connectivity index (χ0n) is 11.6. The maximum absolute atomic E-state index is 10.7. The summed E-state index contributed by atoms with van der Waals surface area (Å²) in [6, 6.07) is 18.7. The molecule has 0 aliphatic carbocycles. The van der Waals surface area contributed by atoms with E-state index in [-0.39, 0.29) is 5.82 Å². The monoisotopic (exact) mass is 291 g/mol. The molecule has 0 saturated carbocycles. The molecule has 2 aromatic carbocycles. The van der Waals surface area contributed by atoms with Crippen molar-refractivity contribution in [2.75, 3.05) is 5.32 Å². The summed E-state index contributed by atoms with van der Waals surface area (Å²) in [6.45, 7) is 0. The molecule has 1 aromatic heterocycles. The van der Waals surface area contributed by atoms with Gasteiger partial charge in [0.05, 0.1) is 0 Å². The SMILES string of the molecule is O=Cc1nccc(Nc2ccc(Oc3ccccc3)cc2)n1. The van der Waals surface area contributed by atoms with E-state index >= 15 is 0 Å². The van der Waals surface area contributed by atoms with Gasteiger partial charge in [-0.05, 0) is 42.5 Å². The van der Waals surface area contributed by atoms with Crippen LogP contribution < -0.4 is 10.1 Å². The molecule has 5 heteroatoms. The van der Waals surface area contributed by atoms with E-state index in [4.69, 9.17) is 4.74 Å². The maximum atomic E-state index is 10.7. The highest BCUT2D eigenvalue weighted by molar-refractivity contribution is 5.70. The molecule has 0 fully saturated rings. The van der Waals surface area contributed by atoms with Gasteiger partial charge in [-0.1, -0.05) is 18.2 Å². The summed E-state index contributed by atoms with van der Waals surface area (Å²) in [7, 11) is 0. The van der Waals surface area contributed by atoms with Crippen molar-refractivity contribution >= 4 is 17.8 Å². The van der Waals surface area contributed by atoms with Gasteiger partial charge in [0.2, 0.25) is 0 Å². The second-order valence-corrected chi connectivity index (χ2v) is 4.48. The van der Waals surface area contributed by atoms with Crippen molar-refractivity contribution in [3.63, 3.8) is 0 Å². The highest BCUT2D eigenvalue weighted by Crippen LogP contribution is 2.23. The fraction of sp³-hybridized carbons (Fsp3) is 0. The number of nitrogens with one attached hydrogen (secondary N) is 1. The first-order chi connectivity index (χ1) is 10.8. The van der Waals surface area contributed by atoms with Gasteiger partial charge in [0, 0.05) is 11.9 Å². The van der Waals surface area contributed by atoms with Crippen molar-refractivity contribution in [2.24, 2.45) is 0 Å². The molecule has 0 unspecified atom stereocenters. The second-order valence-electron chi connectivity index (χ2n) is 4.48. The zero-order valence-corrected chi connectivity index (χ0v) is 11.6. The predicted octanol–water partition coefficient (Wildman–Crippen LogP) is 3.83. The van der Waals surface area contributed by atoms with E-state index in [9.17, 15) is 4.79 Å². The first-order valence-electron chi connectivity index (χ1n) is 6.72. The van der Waals surface area contributed by atoms with Crippen LogP contribution in [0.1, 0.15) is 10.6 Å². The number of carbonyl (C=O) groups is 1. The normalized spacial score (nSPS) is 10.0. The van der Waals surface area contributed by atoms with E-state index in [1.807, 2.05) is 54.6 Å². The summed E-state index contributed by atoms with van der Waals surface area (Å²) in [5.41, 5.74) is 0.843. The van der Waals surface area contributed by atoms with E-state index < -0.39 is 0 Å². The standard InChI is InChI=1S/C17H13N3O2/c21-12-17-18-11-10-16(20-17)19-13-6-8-15(9-7-13)22-14-4-2-1-3-5-14/h1-12H,(H,18,19,20). The van der Waals surface area contributed by atoms with Gasteiger partial charge in [0.25, 0.3) is 0 Å². The van der Waals surface area contributed by atoms with E-state index in [0.717, 1.165) is 17.2 Å². The molecule has 108 valence electrons. The van der Waals surface area contributed by atoms with Crippen LogP contribution in [0.5, 0.6) is 11.5 Å². The van der Waals surface area contributed by atoms with Crippen molar-refractivity contribution in [2.45, 2.75) is 0 Å². The third kappa shape index (κ3) is 3.46. The Hall–Kier alpha value is -3.21. The number of hydrogen-bond donors (Lipinski definition) is 1. The van der Waals surface area contributed by atoms with Crippen LogP contribution in [0.2, 0.25) is 0 Å². The lowest BCUT2D eigenvalue weighted by molar-refractivity contribution is 0.111. The molecule has 0 amide bonds. The van der Waals surface area contributed by atoms with Crippen LogP contribution in [-0.4, -0.2) is 16.3 Å². The predicted molar refractivity (Wildman–Crippen MR) is 83.7 cm³/mol. The Morgan fingerprint density at radius 2 is 1.64 bits per heavy atom. The Kier molecular flexibility index (Phi) is 4.06. The van der Waals surface area contributed by atoms with E-state index in [1.54, 1.807) is 6.07 Å². The average molecular weight is 291 g/mol. The van der Waals surface area contributed by atoms with Crippen molar-refractivity contribution in [3.05, 3.63) is 72.7 Å². The molecule has 3 rings (SSSR count). The Morgan fingerprint density at radius 1 is 0.909 bits per heavy atom. The first-order valence-corrected chi connectivity index (χ1v) is 6.72. The summed E-state index contributed by atoms with van der Waals surface area (Å²) >= 11 is 0. The summed E-state index contributed by atoms with van der Waals surface area (Å²) in [6.07, 6.45) is 2.15. The van der Waals surface area contributed by atoms with Crippen LogP contribution in [0.4, 0.5) is 11.5 Å². The number of aromatic nitrogens is 2. The number of rotatable bonds is 5. The molecule has 0 aliphatic rings. The molecule has 0 atom stereocenters. The molecule has 3 aromatic rings. The zero-order chi connectivity index (χ0) is 15.2. The third-order valence-electron chi connectivity index (χ3n) is 2.89. The van der Waals surface area contributed by atoms with Gasteiger partial charge in [0.15, 0.2) is 12.1 Å². The minimum atomic E-state index is 0.147. The smallest absolute Gasteiger partial charge is 0.194 e. The minimum absolute atomic E-state index is 0.147. The molecule has 1 N–H and O–H groups in total. The number of para-hydroxylation sites is 1. The third-order valence-corrected chi connectivity index (χ3v) is 2.89. The Bertz CT molecular complexity index is 758. The lowest BCUT2D eigenvalue weighted by Crippen LogP contribution is -1.98. The Morgan fingerprint density at radius 3 is 2.36 bits per heavy atom. The number of benzene rings is 2. The molecule has 0 bridgehead atoms. The van der Waals surface area contributed by atoms with Crippen LogP contribution in [0.15, 0.2) is 66.9 Å². The van der Waals surface area contributed by atoms with Crippen LogP contribution >= 0.6 is 0 Å². The maximum Gasteiger partial charge on any atom is 0.194 e. The number of aldehydes is 1. The number of nitrogens with zero attached hydrogens (tertiary/aromatic N) is 2. The quantitative estimate of drug-likeness (QED) is 0.724. The Balaban J connectivity index is 1.70. The van der Waals surface area contributed by atoms with Gasteiger partial charge < -0.3 is 10.1 Å². The largest absolute Gasteiger partial charge is 0.457 e. The van der Waals surface area contributed by atoms with Crippen LogP contribution in [-0.2, 0) is 0 Å². The fourth-order valence-electron chi connectivity index (χ4n) is 1.88. The number of hydrogen-bond acceptors (Lipinski definition) is 5. The van der Waals surface area contributed by atoms with Gasteiger partial charge in [-0.2, -0.15) is 0 Å². The molecule has 1 heterocycles. The van der Waals surface area contributed by atoms with E-state index in [1.165, 1.54) is 6.20 Å². The van der Waals surface area contributed by atoms with Crippen LogP contribution in [0, 0.1) is 0 Å². The van der Waals surface area contributed by atoms with Gasteiger partial charge in [-0.3, -0.25) is 4.79 Å². The van der Waals surface area contributed by atoms with Crippen LogP contribution in [0.3, 0.4) is 0 Å². The van der Waals surface area contributed by atoms with Crippen molar-refractivity contribution < 1.29 is 9.53 Å². The summed E-state index contributed by atoms with van der Waals surface area (Å²) in [5.74, 6) is 2.24. The van der Waals surface area contributed by atoms with Gasteiger partial charge in [-0.25, -0.2) is 9.97 Å². The molecule has 0 saturated heterocycles. The first kappa shape index (κ1) is 13.8. The minimum Gasteiger partial charge on any atom is -0.457 e. The molecular formula is C17H13N3O2. The summed E-state index contributed by atoms with van der Waals surface area (Å²) in [4.78, 5) is 18.5. The van der Waals surface area contributed by atoms with Gasteiger partial charge in [-0.15, -0.1) is 0 Å². The molecular weight excluding hydrogens is 278 g/mol. The average Bonchev–Trinajstić information content (AvgIpc) is 2.58. The van der Waals surface area contributed by atoms with E-state index in [2.05, 4.69) is 15.3 Å². The highest BCUT2D eigenvalue weighted by Gasteiger charge is 2.00. The molecule has 5 nitrogen and oxygen atoms in total. The van der Waals surface area contributed by atoms with Crippen molar-refractivity contribution in [1.29, 1.82) is 0 Å². The van der Waals surface area contributed by atoms with Gasteiger partial charge >= 0.3 is 0 Å². The fourth-order valence-corrected chi connectivity index (χ4v) is 1.88. The van der Waals surface area contributed by atoms with Gasteiger partial charge in [0.1, 0.15) is 17.3 Å². The summed E-state index contributed by atoms with van der Waals surface area (Å²) < 4.78 is 5.72.